The predicted molar refractivity (Wildman–Crippen MR) is 76.2 cm³/mol. The molecule has 0 aromatic heterocycles. The van der Waals surface area contributed by atoms with Gasteiger partial charge in [0.05, 0.1) is 5.56 Å². The van der Waals surface area contributed by atoms with Crippen molar-refractivity contribution < 1.29 is 17.9 Å². The van der Waals surface area contributed by atoms with Gasteiger partial charge in [0.2, 0.25) is 0 Å². The number of alkyl halides is 3. The molecular formula is C16H16F3NO. The smallest absolute Gasteiger partial charge is 0.417 e. The highest BCUT2D eigenvalue weighted by Gasteiger charge is 2.34. The molecule has 0 aliphatic heterocycles. The first-order valence-corrected chi connectivity index (χ1v) is 6.53. The Kier molecular flexibility index (Phi) is 4.53. The van der Waals surface area contributed by atoms with E-state index in [1.807, 2.05) is 0 Å². The van der Waals surface area contributed by atoms with Gasteiger partial charge in [-0.3, -0.25) is 0 Å². The molecule has 0 atom stereocenters. The van der Waals surface area contributed by atoms with Gasteiger partial charge < -0.3 is 10.5 Å². The summed E-state index contributed by atoms with van der Waals surface area (Å²) in [6, 6.07) is 11.0. The van der Waals surface area contributed by atoms with E-state index >= 15 is 0 Å². The lowest BCUT2D eigenvalue weighted by atomic mass is 9.95. The fourth-order valence-electron chi connectivity index (χ4n) is 2.13. The summed E-state index contributed by atoms with van der Waals surface area (Å²) in [4.78, 5) is 0. The molecule has 2 aromatic rings. The Bertz CT molecular complexity index is 623. The zero-order valence-electron chi connectivity index (χ0n) is 11.6. The first-order valence-electron chi connectivity index (χ1n) is 6.53. The van der Waals surface area contributed by atoms with E-state index in [0.717, 1.165) is 11.6 Å². The van der Waals surface area contributed by atoms with Crippen LogP contribution in [0.25, 0.3) is 11.1 Å². The van der Waals surface area contributed by atoms with Crippen molar-refractivity contribution in [1.29, 1.82) is 0 Å². The first kappa shape index (κ1) is 15.4. The van der Waals surface area contributed by atoms with Crippen molar-refractivity contribution in [2.75, 3.05) is 13.2 Å². The number of aryl methyl sites for hydroxylation is 1. The molecule has 0 spiro atoms. The van der Waals surface area contributed by atoms with Gasteiger partial charge in [0.25, 0.3) is 0 Å². The summed E-state index contributed by atoms with van der Waals surface area (Å²) in [5, 5.41) is 0. The summed E-state index contributed by atoms with van der Waals surface area (Å²) < 4.78 is 45.1. The van der Waals surface area contributed by atoms with Crippen LogP contribution in [0.1, 0.15) is 11.1 Å². The molecule has 5 heteroatoms. The maximum absolute atomic E-state index is 13.3. The lowest BCUT2D eigenvalue weighted by Crippen LogP contribution is -2.12. The largest absolute Gasteiger partial charge is 0.492 e. The summed E-state index contributed by atoms with van der Waals surface area (Å²) in [6.45, 7) is 2.22. The molecule has 0 aliphatic carbocycles. The van der Waals surface area contributed by atoms with E-state index in [2.05, 4.69) is 0 Å². The van der Waals surface area contributed by atoms with Gasteiger partial charge in [0.1, 0.15) is 12.4 Å². The summed E-state index contributed by atoms with van der Waals surface area (Å²) >= 11 is 0. The molecule has 0 aliphatic rings. The van der Waals surface area contributed by atoms with E-state index in [1.54, 1.807) is 31.2 Å². The third kappa shape index (κ3) is 3.55. The standard InChI is InChI=1S/C16H16F3NO/c1-11-4-2-3-5-13(11)14-7-6-12(21-9-8-20)10-15(14)16(17,18)19/h2-7,10H,8-9,20H2,1H3. The summed E-state index contributed by atoms with van der Waals surface area (Å²) in [5.41, 5.74) is 6.10. The number of halogens is 3. The van der Waals surface area contributed by atoms with Crippen LogP contribution >= 0.6 is 0 Å². The van der Waals surface area contributed by atoms with Crippen molar-refractivity contribution in [2.45, 2.75) is 13.1 Å². The second-order valence-corrected chi connectivity index (χ2v) is 4.66. The minimum absolute atomic E-state index is 0.153. The maximum Gasteiger partial charge on any atom is 0.417 e. The van der Waals surface area contributed by atoms with Crippen molar-refractivity contribution in [2.24, 2.45) is 5.73 Å². The summed E-state index contributed by atoms with van der Waals surface area (Å²) in [6.07, 6.45) is -4.44. The van der Waals surface area contributed by atoms with Crippen LogP contribution in [0.2, 0.25) is 0 Å². The van der Waals surface area contributed by atoms with E-state index in [4.69, 9.17) is 10.5 Å². The highest BCUT2D eigenvalue weighted by molar-refractivity contribution is 5.72. The molecule has 112 valence electrons. The molecule has 2 nitrogen and oxygen atoms in total. The average Bonchev–Trinajstić information content (AvgIpc) is 2.44. The second kappa shape index (κ2) is 6.18. The molecule has 2 aromatic carbocycles. The van der Waals surface area contributed by atoms with E-state index in [-0.39, 0.29) is 24.5 Å². The monoisotopic (exact) mass is 295 g/mol. The number of rotatable bonds is 4. The van der Waals surface area contributed by atoms with Gasteiger partial charge in [0.15, 0.2) is 0 Å². The molecule has 0 fully saturated rings. The van der Waals surface area contributed by atoms with Crippen LogP contribution in [-0.4, -0.2) is 13.2 Å². The Morgan fingerprint density at radius 2 is 1.76 bits per heavy atom. The second-order valence-electron chi connectivity index (χ2n) is 4.66. The molecule has 2 N–H and O–H groups in total. The van der Waals surface area contributed by atoms with E-state index in [0.29, 0.717) is 5.56 Å². The Hall–Kier alpha value is -2.01. The van der Waals surface area contributed by atoms with Gasteiger partial charge >= 0.3 is 6.18 Å². The van der Waals surface area contributed by atoms with Crippen LogP contribution in [0.5, 0.6) is 5.75 Å². The third-order valence-corrected chi connectivity index (χ3v) is 3.12. The SMILES string of the molecule is Cc1ccccc1-c1ccc(OCCN)cc1C(F)(F)F. The van der Waals surface area contributed by atoms with Crippen LogP contribution < -0.4 is 10.5 Å². The van der Waals surface area contributed by atoms with Crippen LogP contribution in [-0.2, 0) is 6.18 Å². The molecule has 0 saturated carbocycles. The predicted octanol–water partition coefficient (Wildman–Crippen LogP) is 4.02. The van der Waals surface area contributed by atoms with Crippen LogP contribution in [0.4, 0.5) is 13.2 Å². The van der Waals surface area contributed by atoms with Crippen molar-refractivity contribution in [3.05, 3.63) is 53.6 Å². The fourth-order valence-corrected chi connectivity index (χ4v) is 2.13. The molecule has 0 saturated heterocycles. The Morgan fingerprint density at radius 3 is 2.38 bits per heavy atom. The molecule has 0 amide bonds. The molecule has 2 rings (SSSR count). The van der Waals surface area contributed by atoms with E-state index < -0.39 is 11.7 Å². The molecule has 0 unspecified atom stereocenters. The van der Waals surface area contributed by atoms with E-state index in [1.165, 1.54) is 12.1 Å². The molecular weight excluding hydrogens is 279 g/mol. The fraction of sp³-hybridized carbons (Fsp3) is 0.250. The number of nitrogens with two attached hydrogens (primary N) is 1. The van der Waals surface area contributed by atoms with Gasteiger partial charge in [-0.05, 0) is 35.7 Å². The van der Waals surface area contributed by atoms with Crippen molar-refractivity contribution in [1.82, 2.24) is 0 Å². The van der Waals surface area contributed by atoms with Gasteiger partial charge in [-0.1, -0.05) is 30.3 Å². The topological polar surface area (TPSA) is 35.2 Å². The highest BCUT2D eigenvalue weighted by atomic mass is 19.4. The normalized spacial score (nSPS) is 11.5. The maximum atomic E-state index is 13.3. The minimum Gasteiger partial charge on any atom is -0.492 e. The average molecular weight is 295 g/mol. The van der Waals surface area contributed by atoms with Crippen molar-refractivity contribution in [3.63, 3.8) is 0 Å². The zero-order valence-corrected chi connectivity index (χ0v) is 11.6. The first-order chi connectivity index (χ1) is 9.93. The Balaban J connectivity index is 2.53. The number of hydrogen-bond donors (Lipinski definition) is 1. The van der Waals surface area contributed by atoms with E-state index in [9.17, 15) is 13.2 Å². The highest BCUT2D eigenvalue weighted by Crippen LogP contribution is 2.39. The van der Waals surface area contributed by atoms with Crippen molar-refractivity contribution in [3.8, 4) is 16.9 Å². The quantitative estimate of drug-likeness (QED) is 0.924. The summed E-state index contributed by atoms with van der Waals surface area (Å²) in [7, 11) is 0. The Labute approximate surface area is 121 Å². The van der Waals surface area contributed by atoms with Gasteiger partial charge in [-0.2, -0.15) is 13.2 Å². The molecule has 0 bridgehead atoms. The van der Waals surface area contributed by atoms with Gasteiger partial charge in [-0.15, -0.1) is 0 Å². The van der Waals surface area contributed by atoms with Crippen LogP contribution in [0.3, 0.4) is 0 Å². The number of hydrogen-bond acceptors (Lipinski definition) is 2. The number of benzene rings is 2. The lowest BCUT2D eigenvalue weighted by Gasteiger charge is -2.16. The molecule has 0 radical (unpaired) electrons. The van der Waals surface area contributed by atoms with Crippen molar-refractivity contribution >= 4 is 0 Å². The molecule has 0 heterocycles. The Morgan fingerprint density at radius 1 is 1.05 bits per heavy atom. The van der Waals surface area contributed by atoms with Gasteiger partial charge in [0, 0.05) is 6.54 Å². The molecule has 21 heavy (non-hydrogen) atoms. The minimum atomic E-state index is -4.44. The lowest BCUT2D eigenvalue weighted by molar-refractivity contribution is -0.137. The van der Waals surface area contributed by atoms with Gasteiger partial charge in [-0.25, -0.2) is 0 Å². The zero-order chi connectivity index (χ0) is 15.5. The number of ether oxygens (including phenoxy) is 1. The van der Waals surface area contributed by atoms with Crippen LogP contribution in [0.15, 0.2) is 42.5 Å². The summed E-state index contributed by atoms with van der Waals surface area (Å²) in [5.74, 6) is 0.171. The van der Waals surface area contributed by atoms with Crippen LogP contribution in [0, 0.1) is 6.92 Å². The third-order valence-electron chi connectivity index (χ3n) is 3.12.